The van der Waals surface area contributed by atoms with Crippen LogP contribution in [0.4, 0.5) is 10.5 Å². The van der Waals surface area contributed by atoms with E-state index < -0.39 is 29.9 Å². The molecule has 5 rings (SSSR count). The van der Waals surface area contributed by atoms with Crippen LogP contribution in [0.15, 0.2) is 96.7 Å². The Bertz CT molecular complexity index is 1320. The molecular weight excluding hydrogens is 472 g/mol. The molecule has 37 heavy (non-hydrogen) atoms. The average Bonchev–Trinajstić information content (AvgIpc) is 3.29. The number of fused-ring (bicyclic) bond motifs is 3. The van der Waals surface area contributed by atoms with Crippen LogP contribution in [0.5, 0.6) is 0 Å². The zero-order valence-electron chi connectivity index (χ0n) is 20.1. The molecule has 1 aliphatic carbocycles. The summed E-state index contributed by atoms with van der Waals surface area (Å²) in [5, 5.41) is 12.2. The summed E-state index contributed by atoms with van der Waals surface area (Å²) in [5.41, 5.74) is 3.67. The number of anilines is 1. The molecule has 0 radical (unpaired) electrons. The summed E-state index contributed by atoms with van der Waals surface area (Å²) < 4.78 is 11.0. The van der Waals surface area contributed by atoms with Gasteiger partial charge >= 0.3 is 12.1 Å². The molecule has 0 saturated heterocycles. The van der Waals surface area contributed by atoms with Crippen LogP contribution >= 0.6 is 0 Å². The molecule has 1 amide bonds. The van der Waals surface area contributed by atoms with Crippen LogP contribution in [0.3, 0.4) is 0 Å². The Balaban J connectivity index is 1.35. The number of carbonyl (C=O) groups is 2. The lowest BCUT2D eigenvalue weighted by atomic mass is 9.86. The van der Waals surface area contributed by atoms with E-state index in [1.54, 1.807) is 30.5 Å². The standard InChI is InChI=1S/C29H26N2O6/c32-26(36-18-20-9-3-1-4-10-20)16-22-15-23-17-30(29(33)37-19-21-11-5-2-6-12-21)25-14-8-7-13-24(25)27(23)28(22)31(34)35/h1-14,17,22,27-28H,15-16,18-19H2/t22-,27+,28+/m1/s1. The SMILES string of the molecule is O=C(C[C@H]1CC2=CN(C(=O)OCc3ccccc3)c3ccccc3[C@H]2[C@H]1[N+](=O)[O-])OCc1ccccc1. The summed E-state index contributed by atoms with van der Waals surface area (Å²) in [6.07, 6.45) is 1.32. The zero-order chi connectivity index (χ0) is 25.8. The topological polar surface area (TPSA) is 99.0 Å². The second kappa shape index (κ2) is 10.7. The van der Waals surface area contributed by atoms with Crippen molar-refractivity contribution < 1.29 is 24.0 Å². The number of hydrogen-bond donors (Lipinski definition) is 0. The highest BCUT2D eigenvalue weighted by atomic mass is 16.6. The molecule has 3 aromatic rings. The molecule has 3 aromatic carbocycles. The lowest BCUT2D eigenvalue weighted by Gasteiger charge is -2.30. The molecule has 2 aliphatic rings. The fraction of sp³-hybridized carbons (Fsp3) is 0.241. The highest BCUT2D eigenvalue weighted by Gasteiger charge is 2.52. The minimum absolute atomic E-state index is 0.0764. The van der Waals surface area contributed by atoms with Crippen LogP contribution < -0.4 is 4.90 Å². The Kier molecular flexibility index (Phi) is 6.98. The van der Waals surface area contributed by atoms with Crippen LogP contribution in [0.25, 0.3) is 0 Å². The van der Waals surface area contributed by atoms with Gasteiger partial charge in [0.2, 0.25) is 6.04 Å². The van der Waals surface area contributed by atoms with Crippen molar-refractivity contribution in [3.63, 3.8) is 0 Å². The molecule has 0 unspecified atom stereocenters. The highest BCUT2D eigenvalue weighted by Crippen LogP contribution is 2.51. The Hall–Kier alpha value is -4.46. The van der Waals surface area contributed by atoms with Crippen molar-refractivity contribution in [2.75, 3.05) is 4.90 Å². The maximum atomic E-state index is 13.1. The number of amides is 1. The van der Waals surface area contributed by atoms with Gasteiger partial charge in [0.05, 0.1) is 18.0 Å². The number of nitrogens with zero attached hydrogens (tertiary/aromatic N) is 2. The Morgan fingerprint density at radius 3 is 2.11 bits per heavy atom. The molecule has 3 atom stereocenters. The summed E-state index contributed by atoms with van der Waals surface area (Å²) in [6.45, 7) is 0.226. The number of esters is 1. The Morgan fingerprint density at radius 2 is 1.46 bits per heavy atom. The highest BCUT2D eigenvalue weighted by molar-refractivity contribution is 5.92. The fourth-order valence-corrected chi connectivity index (χ4v) is 5.20. The molecule has 8 nitrogen and oxygen atoms in total. The first-order valence-corrected chi connectivity index (χ1v) is 12.1. The zero-order valence-corrected chi connectivity index (χ0v) is 20.1. The summed E-state index contributed by atoms with van der Waals surface area (Å²) in [7, 11) is 0. The molecule has 0 N–H and O–H groups in total. The van der Waals surface area contributed by atoms with Crippen molar-refractivity contribution in [2.24, 2.45) is 5.92 Å². The van der Waals surface area contributed by atoms with Gasteiger partial charge in [-0.25, -0.2) is 4.79 Å². The number of nitro groups is 1. The van der Waals surface area contributed by atoms with Crippen molar-refractivity contribution in [2.45, 2.75) is 38.0 Å². The van der Waals surface area contributed by atoms with E-state index >= 15 is 0 Å². The van der Waals surface area contributed by atoms with Gasteiger partial charge in [-0.2, -0.15) is 0 Å². The maximum absolute atomic E-state index is 13.1. The molecular formula is C29H26N2O6. The van der Waals surface area contributed by atoms with Gasteiger partial charge in [0.25, 0.3) is 0 Å². The number of hydrogen-bond acceptors (Lipinski definition) is 6. The molecule has 1 fully saturated rings. The number of para-hydroxylation sites is 1. The minimum Gasteiger partial charge on any atom is -0.461 e. The Labute approximate surface area is 214 Å². The van der Waals surface area contributed by atoms with E-state index in [2.05, 4.69) is 0 Å². The molecule has 1 aliphatic heterocycles. The summed E-state index contributed by atoms with van der Waals surface area (Å²) in [4.78, 5) is 39.0. The van der Waals surface area contributed by atoms with E-state index in [0.717, 1.165) is 16.7 Å². The van der Waals surface area contributed by atoms with Crippen LogP contribution in [0.1, 0.15) is 35.4 Å². The van der Waals surface area contributed by atoms with Crippen LogP contribution in [0, 0.1) is 16.0 Å². The summed E-state index contributed by atoms with van der Waals surface area (Å²) in [5.74, 6) is -1.56. The smallest absolute Gasteiger partial charge is 0.418 e. The monoisotopic (exact) mass is 498 g/mol. The average molecular weight is 499 g/mol. The Morgan fingerprint density at radius 1 is 0.865 bits per heavy atom. The first-order valence-electron chi connectivity index (χ1n) is 12.1. The van der Waals surface area contributed by atoms with Crippen LogP contribution in [-0.4, -0.2) is 23.0 Å². The van der Waals surface area contributed by atoms with Crippen molar-refractivity contribution in [3.05, 3.63) is 124 Å². The van der Waals surface area contributed by atoms with Crippen molar-refractivity contribution in [1.82, 2.24) is 0 Å². The van der Waals surface area contributed by atoms with E-state index in [-0.39, 0.29) is 24.6 Å². The quantitative estimate of drug-likeness (QED) is 0.239. The predicted octanol–water partition coefficient (Wildman–Crippen LogP) is 5.61. The summed E-state index contributed by atoms with van der Waals surface area (Å²) in [6, 6.07) is 24.8. The van der Waals surface area contributed by atoms with E-state index in [4.69, 9.17) is 9.47 Å². The molecule has 0 spiro atoms. The number of rotatable bonds is 7. The van der Waals surface area contributed by atoms with E-state index in [1.165, 1.54) is 4.90 Å². The fourth-order valence-electron chi connectivity index (χ4n) is 5.20. The van der Waals surface area contributed by atoms with Gasteiger partial charge in [0, 0.05) is 17.0 Å². The van der Waals surface area contributed by atoms with Crippen LogP contribution in [0.2, 0.25) is 0 Å². The van der Waals surface area contributed by atoms with Crippen molar-refractivity contribution >= 4 is 17.7 Å². The first-order chi connectivity index (χ1) is 18.0. The van der Waals surface area contributed by atoms with Gasteiger partial charge in [-0.3, -0.25) is 19.8 Å². The van der Waals surface area contributed by atoms with E-state index in [0.29, 0.717) is 17.7 Å². The normalized spacial score (nSPS) is 19.8. The van der Waals surface area contributed by atoms with Crippen molar-refractivity contribution in [3.8, 4) is 0 Å². The molecule has 8 heteroatoms. The molecule has 188 valence electrons. The predicted molar refractivity (Wildman–Crippen MR) is 136 cm³/mol. The third-order valence-electron chi connectivity index (χ3n) is 6.86. The van der Waals surface area contributed by atoms with Crippen LogP contribution in [-0.2, 0) is 27.5 Å². The molecule has 0 aromatic heterocycles. The maximum Gasteiger partial charge on any atom is 0.418 e. The van der Waals surface area contributed by atoms with Gasteiger partial charge in [0.1, 0.15) is 13.2 Å². The van der Waals surface area contributed by atoms with Gasteiger partial charge in [-0.05, 0) is 34.8 Å². The summed E-state index contributed by atoms with van der Waals surface area (Å²) >= 11 is 0. The van der Waals surface area contributed by atoms with Crippen molar-refractivity contribution in [1.29, 1.82) is 0 Å². The second-order valence-electron chi connectivity index (χ2n) is 9.24. The number of benzene rings is 3. The van der Waals surface area contributed by atoms with E-state index in [1.807, 2.05) is 60.7 Å². The largest absolute Gasteiger partial charge is 0.461 e. The second-order valence-corrected chi connectivity index (χ2v) is 9.24. The van der Waals surface area contributed by atoms with Gasteiger partial charge < -0.3 is 9.47 Å². The minimum atomic E-state index is -1.00. The van der Waals surface area contributed by atoms with Gasteiger partial charge in [0.15, 0.2) is 0 Å². The lowest BCUT2D eigenvalue weighted by Crippen LogP contribution is -2.35. The number of ether oxygens (including phenoxy) is 2. The van der Waals surface area contributed by atoms with Gasteiger partial charge in [-0.15, -0.1) is 0 Å². The molecule has 1 heterocycles. The molecule has 0 bridgehead atoms. The number of carbonyl (C=O) groups excluding carboxylic acids is 2. The first kappa shape index (κ1) is 24.2. The molecule has 1 saturated carbocycles. The third kappa shape index (κ3) is 5.23. The van der Waals surface area contributed by atoms with E-state index in [9.17, 15) is 19.7 Å². The lowest BCUT2D eigenvalue weighted by molar-refractivity contribution is -0.531. The van der Waals surface area contributed by atoms with Gasteiger partial charge in [-0.1, -0.05) is 78.9 Å². The third-order valence-corrected chi connectivity index (χ3v) is 6.86.